The number of ether oxygens (including phenoxy) is 1. The zero-order valence-corrected chi connectivity index (χ0v) is 11.4. The highest BCUT2D eigenvalue weighted by atomic mass is 79.9. The van der Waals surface area contributed by atoms with Crippen LogP contribution in [0.4, 0.5) is 0 Å². The van der Waals surface area contributed by atoms with Gasteiger partial charge in [-0.25, -0.2) is 0 Å². The van der Waals surface area contributed by atoms with E-state index in [2.05, 4.69) is 47.1 Å². The minimum atomic E-state index is 0.395. The van der Waals surface area contributed by atoms with Crippen LogP contribution in [-0.2, 0) is 6.42 Å². The van der Waals surface area contributed by atoms with Gasteiger partial charge in [-0.2, -0.15) is 0 Å². The van der Waals surface area contributed by atoms with Gasteiger partial charge in [-0.15, -0.1) is 0 Å². The third-order valence-corrected chi connectivity index (χ3v) is 4.14. The minimum absolute atomic E-state index is 0.395. The highest BCUT2D eigenvalue weighted by molar-refractivity contribution is 9.09. The number of alkyl halides is 1. The van der Waals surface area contributed by atoms with Crippen LogP contribution in [0.2, 0.25) is 0 Å². The van der Waals surface area contributed by atoms with Crippen molar-refractivity contribution in [2.45, 2.75) is 38.7 Å². The number of hydrogen-bond donors (Lipinski definition) is 0. The summed E-state index contributed by atoms with van der Waals surface area (Å²) in [6.07, 6.45) is 5.21. The lowest BCUT2D eigenvalue weighted by Gasteiger charge is -2.17. The maximum Gasteiger partial charge on any atom is 0.123 e. The van der Waals surface area contributed by atoms with Crippen molar-refractivity contribution in [3.8, 4) is 5.75 Å². The number of rotatable bonds is 5. The third-order valence-electron chi connectivity index (χ3n) is 3.23. The van der Waals surface area contributed by atoms with E-state index in [4.69, 9.17) is 4.74 Å². The van der Waals surface area contributed by atoms with Gasteiger partial charge in [0, 0.05) is 11.8 Å². The Morgan fingerprint density at radius 2 is 2.25 bits per heavy atom. The number of fused-ring (bicyclic) bond motifs is 1. The van der Waals surface area contributed by atoms with E-state index in [9.17, 15) is 0 Å². The summed E-state index contributed by atoms with van der Waals surface area (Å²) < 4.78 is 5.96. The van der Waals surface area contributed by atoms with Gasteiger partial charge in [0.05, 0.1) is 0 Å². The van der Waals surface area contributed by atoms with Gasteiger partial charge < -0.3 is 4.74 Å². The molecule has 1 aliphatic rings. The molecule has 2 unspecified atom stereocenters. The van der Waals surface area contributed by atoms with Crippen molar-refractivity contribution in [3.05, 3.63) is 29.8 Å². The Balaban J connectivity index is 1.91. The SMILES string of the molecule is CCCC(CBr)CC1Cc2ccccc2O1. The molecule has 1 aromatic carbocycles. The molecule has 0 spiro atoms. The summed E-state index contributed by atoms with van der Waals surface area (Å²) in [6, 6.07) is 8.41. The van der Waals surface area contributed by atoms with Gasteiger partial charge in [0.25, 0.3) is 0 Å². The first-order chi connectivity index (χ1) is 7.83. The number of hydrogen-bond acceptors (Lipinski definition) is 1. The van der Waals surface area contributed by atoms with Gasteiger partial charge in [-0.3, -0.25) is 0 Å². The van der Waals surface area contributed by atoms with Gasteiger partial charge in [0.1, 0.15) is 11.9 Å². The molecule has 2 atom stereocenters. The fourth-order valence-corrected chi connectivity index (χ4v) is 3.01. The zero-order valence-electron chi connectivity index (χ0n) is 9.79. The van der Waals surface area contributed by atoms with Crippen molar-refractivity contribution in [1.29, 1.82) is 0 Å². The summed E-state index contributed by atoms with van der Waals surface area (Å²) in [7, 11) is 0. The number of benzene rings is 1. The summed E-state index contributed by atoms with van der Waals surface area (Å²) in [5, 5.41) is 1.09. The van der Waals surface area contributed by atoms with Crippen LogP contribution in [0.1, 0.15) is 31.7 Å². The number of para-hydroxylation sites is 1. The van der Waals surface area contributed by atoms with E-state index in [0.29, 0.717) is 6.10 Å². The normalized spacial score (nSPS) is 20.2. The predicted octanol–water partition coefficient (Wildman–Crippen LogP) is 4.19. The van der Waals surface area contributed by atoms with Gasteiger partial charge in [-0.05, 0) is 30.4 Å². The highest BCUT2D eigenvalue weighted by Gasteiger charge is 2.24. The Morgan fingerprint density at radius 3 is 2.94 bits per heavy atom. The number of halogens is 1. The Hall–Kier alpha value is -0.500. The van der Waals surface area contributed by atoms with Gasteiger partial charge in [0.15, 0.2) is 0 Å². The zero-order chi connectivity index (χ0) is 11.4. The first-order valence-corrected chi connectivity index (χ1v) is 7.26. The average Bonchev–Trinajstić information content (AvgIpc) is 2.70. The average molecular weight is 283 g/mol. The summed E-state index contributed by atoms with van der Waals surface area (Å²) in [6.45, 7) is 2.25. The molecule has 2 heteroatoms. The monoisotopic (exact) mass is 282 g/mol. The fourth-order valence-electron chi connectivity index (χ4n) is 2.42. The van der Waals surface area contributed by atoms with Crippen LogP contribution < -0.4 is 4.74 Å². The topological polar surface area (TPSA) is 9.23 Å². The molecule has 1 nitrogen and oxygen atoms in total. The van der Waals surface area contributed by atoms with Crippen LogP contribution in [0.3, 0.4) is 0 Å². The first-order valence-electron chi connectivity index (χ1n) is 6.14. The Labute approximate surface area is 106 Å². The van der Waals surface area contributed by atoms with Gasteiger partial charge in [-0.1, -0.05) is 47.5 Å². The van der Waals surface area contributed by atoms with Crippen LogP contribution >= 0.6 is 15.9 Å². The van der Waals surface area contributed by atoms with Crippen LogP contribution in [0, 0.1) is 5.92 Å². The van der Waals surface area contributed by atoms with E-state index < -0.39 is 0 Å². The lowest BCUT2D eigenvalue weighted by Crippen LogP contribution is -2.19. The molecule has 0 bridgehead atoms. The Bertz CT molecular complexity index is 312. The lowest BCUT2D eigenvalue weighted by molar-refractivity contribution is 0.196. The van der Waals surface area contributed by atoms with Gasteiger partial charge >= 0.3 is 0 Å². The van der Waals surface area contributed by atoms with E-state index in [1.165, 1.54) is 24.8 Å². The van der Waals surface area contributed by atoms with E-state index >= 15 is 0 Å². The van der Waals surface area contributed by atoms with Crippen molar-refractivity contribution >= 4 is 15.9 Å². The third kappa shape index (κ3) is 2.79. The fraction of sp³-hybridized carbons (Fsp3) is 0.571. The molecule has 0 saturated heterocycles. The molecule has 1 aliphatic heterocycles. The summed E-state index contributed by atoms with van der Waals surface area (Å²) in [5.74, 6) is 1.85. The summed E-state index contributed by atoms with van der Waals surface area (Å²) in [5.41, 5.74) is 1.37. The molecule has 2 rings (SSSR count). The molecule has 0 amide bonds. The molecule has 0 saturated carbocycles. The molecule has 0 aliphatic carbocycles. The largest absolute Gasteiger partial charge is 0.490 e. The molecule has 0 fully saturated rings. The molecule has 1 aromatic rings. The molecular formula is C14H19BrO. The van der Waals surface area contributed by atoms with Crippen molar-refractivity contribution in [3.63, 3.8) is 0 Å². The van der Waals surface area contributed by atoms with Crippen molar-refractivity contribution in [2.75, 3.05) is 5.33 Å². The van der Waals surface area contributed by atoms with E-state index in [1.54, 1.807) is 0 Å². The molecule has 0 N–H and O–H groups in total. The Kier molecular flexibility index (Phi) is 4.28. The Morgan fingerprint density at radius 1 is 1.44 bits per heavy atom. The maximum atomic E-state index is 5.96. The highest BCUT2D eigenvalue weighted by Crippen LogP contribution is 2.31. The lowest BCUT2D eigenvalue weighted by atomic mass is 9.96. The quantitative estimate of drug-likeness (QED) is 0.736. The summed E-state index contributed by atoms with van der Waals surface area (Å²) >= 11 is 3.60. The molecule has 88 valence electrons. The molecule has 16 heavy (non-hydrogen) atoms. The van der Waals surface area contributed by atoms with Crippen LogP contribution in [-0.4, -0.2) is 11.4 Å². The summed E-state index contributed by atoms with van der Waals surface area (Å²) in [4.78, 5) is 0. The van der Waals surface area contributed by atoms with Crippen molar-refractivity contribution in [2.24, 2.45) is 5.92 Å². The predicted molar refractivity (Wildman–Crippen MR) is 71.4 cm³/mol. The van der Waals surface area contributed by atoms with Gasteiger partial charge in [0.2, 0.25) is 0 Å². The van der Waals surface area contributed by atoms with E-state index in [0.717, 1.165) is 23.4 Å². The molecular weight excluding hydrogens is 264 g/mol. The second kappa shape index (κ2) is 5.72. The molecule has 1 heterocycles. The minimum Gasteiger partial charge on any atom is -0.490 e. The van der Waals surface area contributed by atoms with Crippen LogP contribution in [0.15, 0.2) is 24.3 Å². The van der Waals surface area contributed by atoms with Crippen LogP contribution in [0.25, 0.3) is 0 Å². The van der Waals surface area contributed by atoms with Crippen molar-refractivity contribution in [1.82, 2.24) is 0 Å². The standard InChI is InChI=1S/C14H19BrO/c1-2-5-11(10-15)8-13-9-12-6-3-4-7-14(12)16-13/h3-4,6-7,11,13H,2,5,8-10H2,1H3. The smallest absolute Gasteiger partial charge is 0.123 e. The van der Waals surface area contributed by atoms with E-state index in [1.807, 2.05) is 0 Å². The van der Waals surface area contributed by atoms with Crippen molar-refractivity contribution < 1.29 is 4.74 Å². The second-order valence-corrected chi connectivity index (χ2v) is 5.24. The van der Waals surface area contributed by atoms with Crippen LogP contribution in [0.5, 0.6) is 5.75 Å². The van der Waals surface area contributed by atoms with E-state index in [-0.39, 0.29) is 0 Å². The second-order valence-electron chi connectivity index (χ2n) is 4.60. The first kappa shape index (κ1) is 12.0. The maximum absolute atomic E-state index is 5.96. The molecule has 0 radical (unpaired) electrons. The molecule has 0 aromatic heterocycles.